The number of carbonyl (C=O) groups is 1. The number of hydrogen-bond acceptors (Lipinski definition) is 3. The van der Waals surface area contributed by atoms with Crippen molar-refractivity contribution in [2.75, 3.05) is 0 Å². The third kappa shape index (κ3) is 3.82. The van der Waals surface area contributed by atoms with Gasteiger partial charge in [-0.1, -0.05) is 46.4 Å². The van der Waals surface area contributed by atoms with Gasteiger partial charge in [-0.2, -0.15) is 0 Å². The maximum atomic E-state index is 11.7. The number of ether oxygens (including phenoxy) is 1. The molecule has 0 amide bonds. The van der Waals surface area contributed by atoms with Gasteiger partial charge in [0.1, 0.15) is 11.5 Å². The van der Waals surface area contributed by atoms with Gasteiger partial charge in [0.05, 0.1) is 0 Å². The molecule has 138 valence electrons. The molecule has 26 heavy (non-hydrogen) atoms. The average Bonchev–Trinajstić information content (AvgIpc) is 2.56. The fourth-order valence-electron chi connectivity index (χ4n) is 3.26. The molecule has 0 unspecified atom stereocenters. The van der Waals surface area contributed by atoms with Crippen molar-refractivity contribution >= 4 is 5.97 Å². The van der Waals surface area contributed by atoms with Gasteiger partial charge in [-0.3, -0.25) is 0 Å². The average molecular weight is 352 g/mol. The highest BCUT2D eigenvalue weighted by molar-refractivity contribution is 5.85. The first-order chi connectivity index (χ1) is 12.1. The summed E-state index contributed by atoms with van der Waals surface area (Å²) in [5.74, 6) is 0.308. The summed E-state index contributed by atoms with van der Waals surface area (Å²) in [6.07, 6.45) is 1.83. The van der Waals surface area contributed by atoms with E-state index in [0.29, 0.717) is 12.2 Å². The Kier molecular flexibility index (Phi) is 5.60. The zero-order chi connectivity index (χ0) is 19.6. The van der Waals surface area contributed by atoms with E-state index in [1.165, 1.54) is 0 Å². The number of phenols is 1. The first-order valence-electron chi connectivity index (χ1n) is 8.91. The molecule has 0 aromatic heterocycles. The van der Waals surface area contributed by atoms with Crippen molar-refractivity contribution in [1.29, 1.82) is 0 Å². The lowest BCUT2D eigenvalue weighted by Crippen LogP contribution is -2.12. The van der Waals surface area contributed by atoms with Crippen molar-refractivity contribution in [2.45, 2.75) is 53.4 Å². The second-order valence-corrected chi connectivity index (χ2v) is 7.67. The fourth-order valence-corrected chi connectivity index (χ4v) is 3.26. The minimum atomic E-state index is -0.488. The van der Waals surface area contributed by atoms with E-state index in [9.17, 15) is 9.90 Å². The van der Waals surface area contributed by atoms with Crippen molar-refractivity contribution in [1.82, 2.24) is 0 Å². The molecular weight excluding hydrogens is 324 g/mol. The predicted molar refractivity (Wildman–Crippen MR) is 107 cm³/mol. The Bertz CT molecular complexity index is 855. The van der Waals surface area contributed by atoms with E-state index in [0.717, 1.165) is 39.5 Å². The van der Waals surface area contributed by atoms with Gasteiger partial charge in [0.15, 0.2) is 0 Å². The van der Waals surface area contributed by atoms with Crippen molar-refractivity contribution in [2.24, 2.45) is 0 Å². The lowest BCUT2D eigenvalue weighted by molar-refractivity contribution is -0.129. The Balaban J connectivity index is 2.80. The third-order valence-electron chi connectivity index (χ3n) is 4.54. The van der Waals surface area contributed by atoms with E-state index in [4.69, 9.17) is 4.74 Å². The minimum absolute atomic E-state index is 0.182. The number of aryl methyl sites for hydroxylation is 2. The molecule has 0 radical (unpaired) electrons. The number of benzene rings is 2. The summed E-state index contributed by atoms with van der Waals surface area (Å²) >= 11 is 0. The van der Waals surface area contributed by atoms with E-state index in [2.05, 4.69) is 27.4 Å². The molecule has 0 fully saturated rings. The largest absolute Gasteiger partial charge is 0.507 e. The lowest BCUT2D eigenvalue weighted by atomic mass is 9.82. The van der Waals surface area contributed by atoms with Crippen molar-refractivity contribution in [3.63, 3.8) is 0 Å². The number of esters is 1. The second kappa shape index (κ2) is 7.36. The first kappa shape index (κ1) is 19.8. The summed E-state index contributed by atoms with van der Waals surface area (Å²) in [5.41, 5.74) is 5.44. The van der Waals surface area contributed by atoms with E-state index in [1.54, 1.807) is 6.07 Å². The van der Waals surface area contributed by atoms with Crippen molar-refractivity contribution in [3.05, 3.63) is 59.2 Å². The third-order valence-corrected chi connectivity index (χ3v) is 4.54. The van der Waals surface area contributed by atoms with Crippen LogP contribution in [0, 0.1) is 13.8 Å². The smallest absolute Gasteiger partial charge is 0.335 e. The molecule has 0 heterocycles. The maximum Gasteiger partial charge on any atom is 0.335 e. The fraction of sp³-hybridized carbons (Fsp3) is 0.348. The summed E-state index contributed by atoms with van der Waals surface area (Å²) in [5, 5.41) is 11.0. The van der Waals surface area contributed by atoms with Gasteiger partial charge in [-0.25, -0.2) is 4.79 Å². The normalized spacial score (nSPS) is 11.3. The van der Waals surface area contributed by atoms with Crippen LogP contribution in [0.25, 0.3) is 11.1 Å². The SMILES string of the molecule is C=CC(=O)Oc1ccc(C)c(-c2cc(C)cc(C(C)(C)C)c2O)c1CC. The van der Waals surface area contributed by atoms with Gasteiger partial charge in [0, 0.05) is 22.8 Å². The minimum Gasteiger partial charge on any atom is -0.507 e. The monoisotopic (exact) mass is 352 g/mol. The van der Waals surface area contributed by atoms with Crippen LogP contribution in [-0.4, -0.2) is 11.1 Å². The number of aromatic hydroxyl groups is 1. The van der Waals surface area contributed by atoms with Crippen molar-refractivity contribution in [3.8, 4) is 22.6 Å². The summed E-state index contributed by atoms with van der Waals surface area (Å²) in [6, 6.07) is 7.74. The molecule has 0 atom stereocenters. The van der Waals surface area contributed by atoms with Crippen LogP contribution in [0.1, 0.15) is 49.9 Å². The van der Waals surface area contributed by atoms with Crippen LogP contribution in [0.2, 0.25) is 0 Å². The Morgan fingerprint density at radius 2 is 1.88 bits per heavy atom. The molecule has 0 saturated heterocycles. The standard InChI is InChI=1S/C23H28O3/c1-8-16-19(26-20(24)9-2)11-10-15(4)21(16)17-12-14(3)13-18(22(17)25)23(5,6)7/h9-13,25H,2,8H2,1,3-7H3. The van der Waals surface area contributed by atoms with Gasteiger partial charge in [-0.05, 0) is 54.5 Å². The van der Waals surface area contributed by atoms with Crippen LogP contribution >= 0.6 is 0 Å². The summed E-state index contributed by atoms with van der Waals surface area (Å²) in [6.45, 7) is 15.8. The number of rotatable bonds is 4. The Morgan fingerprint density at radius 3 is 2.42 bits per heavy atom. The summed E-state index contributed by atoms with van der Waals surface area (Å²) < 4.78 is 5.43. The van der Waals surface area contributed by atoms with Crippen LogP contribution in [0.4, 0.5) is 0 Å². The summed E-state index contributed by atoms with van der Waals surface area (Å²) in [4.78, 5) is 11.7. The molecular formula is C23H28O3. The highest BCUT2D eigenvalue weighted by Gasteiger charge is 2.24. The Hall–Kier alpha value is -2.55. The van der Waals surface area contributed by atoms with Gasteiger partial charge < -0.3 is 9.84 Å². The van der Waals surface area contributed by atoms with E-state index in [-0.39, 0.29) is 11.2 Å². The number of hydrogen-bond donors (Lipinski definition) is 1. The van der Waals surface area contributed by atoms with Crippen LogP contribution in [0.3, 0.4) is 0 Å². The number of phenolic OH excluding ortho intramolecular Hbond substituents is 1. The molecule has 0 bridgehead atoms. The molecule has 2 rings (SSSR count). The second-order valence-electron chi connectivity index (χ2n) is 7.67. The topological polar surface area (TPSA) is 46.5 Å². The maximum absolute atomic E-state index is 11.7. The highest BCUT2D eigenvalue weighted by atomic mass is 16.5. The van der Waals surface area contributed by atoms with Crippen LogP contribution in [0.5, 0.6) is 11.5 Å². The van der Waals surface area contributed by atoms with E-state index < -0.39 is 5.97 Å². The van der Waals surface area contributed by atoms with Crippen LogP contribution < -0.4 is 4.74 Å². The quantitative estimate of drug-likeness (QED) is 0.441. The molecule has 2 aromatic rings. The number of carbonyl (C=O) groups excluding carboxylic acids is 1. The van der Waals surface area contributed by atoms with Gasteiger partial charge in [0.25, 0.3) is 0 Å². The van der Waals surface area contributed by atoms with Crippen molar-refractivity contribution < 1.29 is 14.6 Å². The van der Waals surface area contributed by atoms with Gasteiger partial charge >= 0.3 is 5.97 Å². The van der Waals surface area contributed by atoms with Crippen LogP contribution in [0.15, 0.2) is 36.9 Å². The molecule has 2 aromatic carbocycles. The molecule has 0 aliphatic carbocycles. The Morgan fingerprint density at radius 1 is 1.23 bits per heavy atom. The zero-order valence-electron chi connectivity index (χ0n) is 16.6. The first-order valence-corrected chi connectivity index (χ1v) is 8.91. The van der Waals surface area contributed by atoms with Crippen LogP contribution in [-0.2, 0) is 16.6 Å². The Labute approximate surface area is 156 Å². The molecule has 3 heteroatoms. The highest BCUT2D eigenvalue weighted by Crippen LogP contribution is 2.43. The predicted octanol–water partition coefficient (Wildman–Crippen LogP) is 5.63. The van der Waals surface area contributed by atoms with E-state index in [1.807, 2.05) is 39.0 Å². The zero-order valence-corrected chi connectivity index (χ0v) is 16.6. The molecule has 0 aliphatic heterocycles. The molecule has 0 saturated carbocycles. The van der Waals surface area contributed by atoms with Gasteiger partial charge in [-0.15, -0.1) is 0 Å². The molecule has 0 aliphatic rings. The lowest BCUT2D eigenvalue weighted by Gasteiger charge is -2.24. The molecule has 3 nitrogen and oxygen atoms in total. The molecule has 0 spiro atoms. The van der Waals surface area contributed by atoms with E-state index >= 15 is 0 Å². The summed E-state index contributed by atoms with van der Waals surface area (Å²) in [7, 11) is 0. The van der Waals surface area contributed by atoms with Gasteiger partial charge in [0.2, 0.25) is 0 Å². The molecule has 1 N–H and O–H groups in total.